The van der Waals surface area contributed by atoms with Crippen LogP contribution in [0.3, 0.4) is 0 Å². The maximum Gasteiger partial charge on any atom is 0.414 e. The zero-order valence-electron chi connectivity index (χ0n) is 20.9. The number of carbonyl (C=O) groups is 2. The van der Waals surface area contributed by atoms with E-state index in [1.165, 1.54) is 26.4 Å². The molecule has 0 saturated heterocycles. The Balaban J connectivity index is 1.56. The van der Waals surface area contributed by atoms with Crippen LogP contribution in [0, 0.1) is 5.92 Å². The molecular weight excluding hydrogens is 446 g/mol. The second-order valence-electron chi connectivity index (χ2n) is 10.5. The summed E-state index contributed by atoms with van der Waals surface area (Å²) in [5.74, 6) is -0.163. The van der Waals surface area contributed by atoms with E-state index >= 15 is 0 Å². The summed E-state index contributed by atoms with van der Waals surface area (Å²) in [5, 5.41) is 9.70. The standard InChI is InChI=1S/C27H37N3O5/c1-17-11-12-21-22(29(17)27(33)34-2)13-14-23-25(21)28-24(16-35-20-9-4-3-5-10-20)30(23)19-8-6-7-18(15-19)26(31)32/h13-14,17-20H,3-12,15-16H2,1-2H3,(H,31,32)/t17?,18-,19-/m1/s1. The number of imidazole rings is 1. The Labute approximate surface area is 206 Å². The number of hydrogen-bond acceptors (Lipinski definition) is 5. The van der Waals surface area contributed by atoms with Gasteiger partial charge in [-0.1, -0.05) is 25.7 Å². The molecule has 1 unspecified atom stereocenters. The Bertz CT molecular complexity index is 1090. The minimum atomic E-state index is -0.709. The van der Waals surface area contributed by atoms with Gasteiger partial charge in [0.2, 0.25) is 0 Å². The molecule has 0 spiro atoms. The monoisotopic (exact) mass is 483 g/mol. The lowest BCUT2D eigenvalue weighted by Gasteiger charge is -2.34. The average Bonchev–Trinajstić information content (AvgIpc) is 3.26. The summed E-state index contributed by atoms with van der Waals surface area (Å²) in [5.41, 5.74) is 3.85. The van der Waals surface area contributed by atoms with Gasteiger partial charge < -0.3 is 19.1 Å². The number of carbonyl (C=O) groups excluding carboxylic acids is 1. The highest BCUT2D eigenvalue weighted by Gasteiger charge is 2.34. The van der Waals surface area contributed by atoms with Crippen molar-refractivity contribution >= 4 is 28.8 Å². The van der Waals surface area contributed by atoms with Gasteiger partial charge in [0, 0.05) is 17.6 Å². The molecule has 2 saturated carbocycles. The van der Waals surface area contributed by atoms with Gasteiger partial charge in [0.1, 0.15) is 12.4 Å². The number of aromatic nitrogens is 2. The van der Waals surface area contributed by atoms with Gasteiger partial charge in [-0.3, -0.25) is 9.69 Å². The topological polar surface area (TPSA) is 93.9 Å². The summed E-state index contributed by atoms with van der Waals surface area (Å²) >= 11 is 0. The fraction of sp³-hybridized carbons (Fsp3) is 0.667. The van der Waals surface area contributed by atoms with Gasteiger partial charge in [0.05, 0.1) is 35.9 Å². The van der Waals surface area contributed by atoms with Gasteiger partial charge in [-0.25, -0.2) is 9.78 Å². The molecule has 35 heavy (non-hydrogen) atoms. The van der Waals surface area contributed by atoms with E-state index in [1.807, 2.05) is 19.1 Å². The number of hydrogen-bond donors (Lipinski definition) is 1. The number of rotatable bonds is 5. The minimum absolute atomic E-state index is 0.0539. The van der Waals surface area contributed by atoms with E-state index in [2.05, 4.69) is 4.57 Å². The number of carboxylic acids is 1. The fourth-order valence-electron chi connectivity index (χ4n) is 6.38. The highest BCUT2D eigenvalue weighted by molar-refractivity contribution is 5.95. The van der Waals surface area contributed by atoms with Crippen LogP contribution >= 0.6 is 0 Å². The second-order valence-corrected chi connectivity index (χ2v) is 10.5. The Morgan fingerprint density at radius 3 is 2.63 bits per heavy atom. The summed E-state index contributed by atoms with van der Waals surface area (Å²) in [6.07, 6.45) is 10.6. The number of aryl methyl sites for hydroxylation is 1. The minimum Gasteiger partial charge on any atom is -0.481 e. The third kappa shape index (κ3) is 4.65. The quantitative estimate of drug-likeness (QED) is 0.594. The highest BCUT2D eigenvalue weighted by atomic mass is 16.5. The molecule has 2 aliphatic carbocycles. The number of ether oxygens (including phenoxy) is 2. The van der Waals surface area contributed by atoms with Crippen molar-refractivity contribution in [2.24, 2.45) is 5.92 Å². The lowest BCUT2D eigenvalue weighted by atomic mass is 9.85. The van der Waals surface area contributed by atoms with E-state index in [0.29, 0.717) is 13.0 Å². The third-order valence-corrected chi connectivity index (χ3v) is 8.26. The number of anilines is 1. The van der Waals surface area contributed by atoms with Crippen LogP contribution in [-0.4, -0.2) is 46.0 Å². The second kappa shape index (κ2) is 10.2. The summed E-state index contributed by atoms with van der Waals surface area (Å²) < 4.78 is 13.7. The Hall–Kier alpha value is -2.61. The van der Waals surface area contributed by atoms with Crippen LogP contribution in [0.25, 0.3) is 11.0 Å². The van der Waals surface area contributed by atoms with E-state index in [-0.39, 0.29) is 30.2 Å². The van der Waals surface area contributed by atoms with Crippen LogP contribution in [0.1, 0.15) is 88.6 Å². The first-order valence-corrected chi connectivity index (χ1v) is 13.2. The van der Waals surface area contributed by atoms with E-state index in [1.54, 1.807) is 4.90 Å². The van der Waals surface area contributed by atoms with Crippen molar-refractivity contribution in [2.75, 3.05) is 12.0 Å². The summed E-state index contributed by atoms with van der Waals surface area (Å²) in [6, 6.07) is 4.19. The molecule has 1 N–H and O–H groups in total. The smallest absolute Gasteiger partial charge is 0.414 e. The number of methoxy groups -OCH3 is 1. The molecular formula is C27H37N3O5. The molecule has 3 aliphatic rings. The van der Waals surface area contributed by atoms with Crippen molar-refractivity contribution in [2.45, 2.75) is 102 Å². The number of benzene rings is 1. The molecule has 2 aromatic rings. The Morgan fingerprint density at radius 2 is 1.89 bits per heavy atom. The van der Waals surface area contributed by atoms with Gasteiger partial charge in [-0.05, 0) is 64.0 Å². The van der Waals surface area contributed by atoms with E-state index in [9.17, 15) is 14.7 Å². The predicted octanol–water partition coefficient (Wildman–Crippen LogP) is 5.61. The molecule has 8 heteroatoms. The fourth-order valence-corrected chi connectivity index (χ4v) is 6.38. The Kier molecular flexibility index (Phi) is 7.00. The van der Waals surface area contributed by atoms with Crippen molar-refractivity contribution < 1.29 is 24.2 Å². The molecule has 0 radical (unpaired) electrons. The van der Waals surface area contributed by atoms with E-state index in [4.69, 9.17) is 14.5 Å². The lowest BCUT2D eigenvalue weighted by molar-refractivity contribution is -0.143. The molecule has 1 aromatic carbocycles. The molecule has 3 atom stereocenters. The normalized spacial score (nSPS) is 25.4. The van der Waals surface area contributed by atoms with Crippen molar-refractivity contribution in [3.05, 3.63) is 23.5 Å². The van der Waals surface area contributed by atoms with Crippen molar-refractivity contribution in [3.8, 4) is 0 Å². The first kappa shape index (κ1) is 24.1. The van der Waals surface area contributed by atoms with Gasteiger partial charge in [-0.15, -0.1) is 0 Å². The van der Waals surface area contributed by atoms with Gasteiger partial charge >= 0.3 is 12.1 Å². The van der Waals surface area contributed by atoms with Crippen molar-refractivity contribution in [1.29, 1.82) is 0 Å². The molecule has 190 valence electrons. The predicted molar refractivity (Wildman–Crippen MR) is 133 cm³/mol. The van der Waals surface area contributed by atoms with E-state index in [0.717, 1.165) is 73.1 Å². The zero-order valence-corrected chi connectivity index (χ0v) is 20.9. The van der Waals surface area contributed by atoms with Gasteiger partial charge in [-0.2, -0.15) is 0 Å². The highest BCUT2D eigenvalue weighted by Crippen LogP contribution is 2.40. The molecule has 5 rings (SSSR count). The number of aliphatic carboxylic acids is 1. The first-order chi connectivity index (χ1) is 17.0. The van der Waals surface area contributed by atoms with Crippen molar-refractivity contribution in [1.82, 2.24) is 9.55 Å². The molecule has 1 aromatic heterocycles. The Morgan fingerprint density at radius 1 is 1.09 bits per heavy atom. The van der Waals surface area contributed by atoms with Gasteiger partial charge in [0.25, 0.3) is 0 Å². The van der Waals surface area contributed by atoms with Crippen LogP contribution in [-0.2, 0) is 27.3 Å². The SMILES string of the molecule is COC(=O)N1c2ccc3c(nc(COC4CCCCC4)n3[C@@H]3CCC[C@@H](C(=O)O)C3)c2CCC1C. The zero-order chi connectivity index (χ0) is 24.5. The van der Waals surface area contributed by atoms with Gasteiger partial charge in [0.15, 0.2) is 0 Å². The molecule has 2 heterocycles. The summed E-state index contributed by atoms with van der Waals surface area (Å²) in [4.78, 5) is 31.2. The van der Waals surface area contributed by atoms with Crippen LogP contribution < -0.4 is 4.90 Å². The lowest BCUT2D eigenvalue weighted by Crippen LogP contribution is -2.42. The van der Waals surface area contributed by atoms with Crippen LogP contribution in [0.5, 0.6) is 0 Å². The summed E-state index contributed by atoms with van der Waals surface area (Å²) in [7, 11) is 1.42. The van der Waals surface area contributed by atoms with Crippen LogP contribution in [0.15, 0.2) is 12.1 Å². The number of nitrogens with zero attached hydrogens (tertiary/aromatic N) is 3. The molecule has 1 aliphatic heterocycles. The molecule has 2 fully saturated rings. The molecule has 1 amide bonds. The summed E-state index contributed by atoms with van der Waals surface area (Å²) in [6.45, 7) is 2.47. The molecule has 0 bridgehead atoms. The maximum atomic E-state index is 12.6. The molecule has 8 nitrogen and oxygen atoms in total. The third-order valence-electron chi connectivity index (χ3n) is 8.26. The van der Waals surface area contributed by atoms with Crippen LogP contribution in [0.2, 0.25) is 0 Å². The van der Waals surface area contributed by atoms with Crippen molar-refractivity contribution in [3.63, 3.8) is 0 Å². The number of carboxylic acid groups (broad SMARTS) is 1. The maximum absolute atomic E-state index is 12.6. The largest absolute Gasteiger partial charge is 0.481 e. The number of fused-ring (bicyclic) bond motifs is 3. The first-order valence-electron chi connectivity index (χ1n) is 13.2. The number of amides is 1. The van der Waals surface area contributed by atoms with Crippen LogP contribution in [0.4, 0.5) is 10.5 Å². The average molecular weight is 484 g/mol. The van der Waals surface area contributed by atoms with E-state index < -0.39 is 5.97 Å².